The minimum atomic E-state index is -4.91. The second kappa shape index (κ2) is 4.32. The molecule has 0 amide bonds. The summed E-state index contributed by atoms with van der Waals surface area (Å²) in [6.45, 7) is 0. The highest BCUT2D eigenvalue weighted by Gasteiger charge is 2.54. The summed E-state index contributed by atoms with van der Waals surface area (Å²) in [6.07, 6.45) is -5.96. The number of hydrogen-bond acceptors (Lipinski definition) is 2. The van der Waals surface area contributed by atoms with E-state index in [-0.39, 0.29) is 5.02 Å². The largest absolute Gasteiger partial charge is 0.422 e. The van der Waals surface area contributed by atoms with Crippen LogP contribution in [-0.2, 0) is 5.60 Å². The van der Waals surface area contributed by atoms with Gasteiger partial charge >= 0.3 is 6.18 Å². The van der Waals surface area contributed by atoms with Gasteiger partial charge in [-0.3, -0.25) is 0 Å². The van der Waals surface area contributed by atoms with Crippen molar-refractivity contribution >= 4 is 11.6 Å². The van der Waals surface area contributed by atoms with E-state index in [0.29, 0.717) is 0 Å². The first kappa shape index (κ1) is 12.8. The van der Waals surface area contributed by atoms with Crippen molar-refractivity contribution in [3.8, 4) is 6.07 Å². The summed E-state index contributed by atoms with van der Waals surface area (Å²) >= 11 is 5.53. The van der Waals surface area contributed by atoms with Gasteiger partial charge in [0.15, 0.2) is 5.60 Å². The molecule has 0 aliphatic heterocycles. The molecule has 2 nitrogen and oxygen atoms in total. The van der Waals surface area contributed by atoms with Crippen molar-refractivity contribution in [3.63, 3.8) is 0 Å². The quantitative estimate of drug-likeness (QED) is 0.876. The van der Waals surface area contributed by atoms with E-state index >= 15 is 0 Å². The average Bonchev–Trinajstić information content (AvgIpc) is 2.17. The fourth-order valence-corrected chi connectivity index (χ4v) is 1.33. The van der Waals surface area contributed by atoms with Crippen molar-refractivity contribution < 1.29 is 18.3 Å². The summed E-state index contributed by atoms with van der Waals surface area (Å²) in [5, 5.41) is 18.1. The maximum Gasteiger partial charge on any atom is 0.422 e. The van der Waals surface area contributed by atoms with Crippen molar-refractivity contribution in [2.24, 2.45) is 0 Å². The van der Waals surface area contributed by atoms with Crippen LogP contribution >= 0.6 is 11.6 Å². The third kappa shape index (κ3) is 2.29. The van der Waals surface area contributed by atoms with Gasteiger partial charge in [0.1, 0.15) is 0 Å². The predicted octanol–water partition coefficient (Wildman–Crippen LogP) is 3.00. The molecule has 1 aromatic rings. The maximum atomic E-state index is 12.6. The van der Waals surface area contributed by atoms with E-state index in [4.69, 9.17) is 16.9 Å². The van der Waals surface area contributed by atoms with Gasteiger partial charge in [-0.05, 0) is 17.7 Å². The molecule has 0 aromatic heterocycles. The first-order valence-electron chi connectivity index (χ1n) is 4.23. The molecule has 0 saturated heterocycles. The zero-order valence-corrected chi connectivity index (χ0v) is 8.68. The Morgan fingerprint density at radius 1 is 1.25 bits per heavy atom. The molecule has 86 valence electrons. The third-order valence-electron chi connectivity index (χ3n) is 2.13. The highest BCUT2D eigenvalue weighted by molar-refractivity contribution is 6.30. The van der Waals surface area contributed by atoms with Crippen molar-refractivity contribution in [3.05, 3.63) is 34.9 Å². The summed E-state index contributed by atoms with van der Waals surface area (Å²) in [6, 6.07) is 5.88. The number of alkyl halides is 3. The number of hydrogen-bond donors (Lipinski definition) is 1. The zero-order chi connectivity index (χ0) is 12.4. The minimum absolute atomic E-state index is 0.255. The van der Waals surface area contributed by atoms with E-state index in [1.807, 2.05) is 0 Å². The fraction of sp³-hybridized carbons (Fsp3) is 0.300. The van der Waals surface area contributed by atoms with Gasteiger partial charge in [-0.15, -0.1) is 0 Å². The lowest BCUT2D eigenvalue weighted by Gasteiger charge is -2.28. The normalized spacial score (nSPS) is 15.2. The topological polar surface area (TPSA) is 44.0 Å². The van der Waals surface area contributed by atoms with Crippen LogP contribution in [-0.4, -0.2) is 11.3 Å². The van der Waals surface area contributed by atoms with E-state index in [0.717, 1.165) is 12.1 Å². The molecule has 0 radical (unpaired) electrons. The van der Waals surface area contributed by atoms with Gasteiger partial charge in [0, 0.05) is 5.02 Å². The van der Waals surface area contributed by atoms with Crippen LogP contribution in [0.2, 0.25) is 5.02 Å². The highest BCUT2D eigenvalue weighted by atomic mass is 35.5. The Labute approximate surface area is 94.9 Å². The van der Waals surface area contributed by atoms with Crippen LogP contribution in [0.15, 0.2) is 24.3 Å². The standard InChI is InChI=1S/C10H7ClF3NO/c11-8-3-1-7(2-4-8)9(16,5-6-15)10(12,13)14/h1-4,16H,5H2. The lowest BCUT2D eigenvalue weighted by Crippen LogP contribution is -2.41. The average molecular weight is 250 g/mol. The van der Waals surface area contributed by atoms with Crippen molar-refractivity contribution in [2.75, 3.05) is 0 Å². The smallest absolute Gasteiger partial charge is 0.375 e. The molecule has 1 rings (SSSR count). The maximum absolute atomic E-state index is 12.6. The number of benzene rings is 1. The van der Waals surface area contributed by atoms with Gasteiger partial charge < -0.3 is 5.11 Å². The minimum Gasteiger partial charge on any atom is -0.375 e. The Morgan fingerprint density at radius 3 is 2.12 bits per heavy atom. The van der Waals surface area contributed by atoms with Crippen LogP contribution in [0.1, 0.15) is 12.0 Å². The molecule has 0 heterocycles. The van der Waals surface area contributed by atoms with Crippen molar-refractivity contribution in [2.45, 2.75) is 18.2 Å². The molecule has 1 unspecified atom stereocenters. The van der Waals surface area contributed by atoms with Gasteiger partial charge in [-0.25, -0.2) is 0 Å². The van der Waals surface area contributed by atoms with Gasteiger partial charge in [0.2, 0.25) is 0 Å². The van der Waals surface area contributed by atoms with E-state index in [2.05, 4.69) is 0 Å². The Balaban J connectivity index is 3.23. The molecule has 6 heteroatoms. The summed E-state index contributed by atoms with van der Waals surface area (Å²) in [5.41, 5.74) is -3.54. The second-order valence-electron chi connectivity index (χ2n) is 3.20. The molecule has 1 N–H and O–H groups in total. The second-order valence-corrected chi connectivity index (χ2v) is 3.64. The summed E-state index contributed by atoms with van der Waals surface area (Å²) in [7, 11) is 0. The molecule has 1 atom stereocenters. The first-order chi connectivity index (χ1) is 7.31. The lowest BCUT2D eigenvalue weighted by molar-refractivity contribution is -0.264. The van der Waals surface area contributed by atoms with Crippen LogP contribution in [0.3, 0.4) is 0 Å². The van der Waals surface area contributed by atoms with Gasteiger partial charge in [0.25, 0.3) is 0 Å². The molecule has 0 saturated carbocycles. The first-order valence-corrected chi connectivity index (χ1v) is 4.61. The summed E-state index contributed by atoms with van der Waals surface area (Å²) < 4.78 is 37.9. The molecular formula is C10H7ClF3NO. The predicted molar refractivity (Wildman–Crippen MR) is 51.6 cm³/mol. The van der Waals surface area contributed by atoms with Crippen molar-refractivity contribution in [1.82, 2.24) is 0 Å². The zero-order valence-electron chi connectivity index (χ0n) is 7.92. The lowest BCUT2D eigenvalue weighted by atomic mass is 9.90. The summed E-state index contributed by atoms with van der Waals surface area (Å²) in [4.78, 5) is 0. The summed E-state index contributed by atoms with van der Waals surface area (Å²) in [5.74, 6) is 0. The van der Waals surface area contributed by atoms with E-state index in [1.54, 1.807) is 0 Å². The number of rotatable bonds is 2. The van der Waals surface area contributed by atoms with Gasteiger partial charge in [-0.2, -0.15) is 18.4 Å². The Bertz CT molecular complexity index is 410. The van der Waals surface area contributed by atoms with E-state index in [1.165, 1.54) is 18.2 Å². The van der Waals surface area contributed by atoms with Crippen LogP contribution in [0, 0.1) is 11.3 Å². The van der Waals surface area contributed by atoms with Crippen LogP contribution in [0.25, 0.3) is 0 Å². The molecule has 16 heavy (non-hydrogen) atoms. The fourth-order valence-electron chi connectivity index (χ4n) is 1.21. The molecule has 0 aliphatic rings. The van der Waals surface area contributed by atoms with E-state index in [9.17, 15) is 18.3 Å². The van der Waals surface area contributed by atoms with Crippen LogP contribution in [0.4, 0.5) is 13.2 Å². The van der Waals surface area contributed by atoms with Crippen LogP contribution in [0.5, 0.6) is 0 Å². The number of nitriles is 1. The van der Waals surface area contributed by atoms with Crippen molar-refractivity contribution in [1.29, 1.82) is 5.26 Å². The number of aliphatic hydroxyl groups is 1. The molecular weight excluding hydrogens is 243 g/mol. The third-order valence-corrected chi connectivity index (χ3v) is 2.38. The van der Waals surface area contributed by atoms with Gasteiger partial charge in [-0.1, -0.05) is 23.7 Å². The SMILES string of the molecule is N#CCC(O)(c1ccc(Cl)cc1)C(F)(F)F. The molecule has 0 bridgehead atoms. The molecule has 0 aliphatic carbocycles. The van der Waals surface area contributed by atoms with Gasteiger partial charge in [0.05, 0.1) is 12.5 Å². The number of nitrogens with zero attached hydrogens (tertiary/aromatic N) is 1. The highest BCUT2D eigenvalue weighted by Crippen LogP contribution is 2.41. The Hall–Kier alpha value is -1.25. The van der Waals surface area contributed by atoms with Crippen LogP contribution < -0.4 is 0 Å². The van der Waals surface area contributed by atoms with E-state index < -0.39 is 23.8 Å². The number of halogens is 4. The molecule has 0 fully saturated rings. The monoisotopic (exact) mass is 249 g/mol. The Kier molecular flexibility index (Phi) is 3.46. The Morgan fingerprint density at radius 2 is 1.75 bits per heavy atom. The molecule has 1 aromatic carbocycles. The molecule has 0 spiro atoms.